The molecule has 0 amide bonds. The molecule has 0 N–H and O–H groups in total. The predicted octanol–water partition coefficient (Wildman–Crippen LogP) is 7.62. The van der Waals surface area contributed by atoms with E-state index in [2.05, 4.69) is 36.9 Å². The zero-order valence-corrected chi connectivity index (χ0v) is 22.9. The molecule has 0 saturated carbocycles. The Morgan fingerprint density at radius 1 is 0.882 bits per heavy atom. The lowest BCUT2D eigenvalue weighted by Crippen LogP contribution is -2.11. The molecule has 1 aromatic heterocycles. The number of carbonyl (C=O) groups excluding carboxylic acids is 1. The normalized spacial score (nSPS) is 12.0. The van der Waals surface area contributed by atoms with Crippen molar-refractivity contribution in [3.63, 3.8) is 0 Å². The average Bonchev–Trinajstić information content (AvgIpc) is 2.84. The van der Waals surface area contributed by atoms with Crippen molar-refractivity contribution in [3.05, 3.63) is 36.7 Å². The summed E-state index contributed by atoms with van der Waals surface area (Å²) in [7, 11) is -0.538. The Morgan fingerprint density at radius 2 is 1.56 bits per heavy atom. The molecule has 2 aromatic rings. The third-order valence-electron chi connectivity index (χ3n) is 6.41. The van der Waals surface area contributed by atoms with E-state index in [9.17, 15) is 4.79 Å². The van der Waals surface area contributed by atoms with Crippen molar-refractivity contribution < 1.29 is 14.3 Å². The van der Waals surface area contributed by atoms with Crippen LogP contribution in [-0.4, -0.2) is 31.3 Å². The van der Waals surface area contributed by atoms with Gasteiger partial charge >= 0.3 is 5.97 Å². The molecule has 0 aliphatic carbocycles. The second-order valence-corrected chi connectivity index (χ2v) is 12.9. The van der Waals surface area contributed by atoms with Gasteiger partial charge in [-0.15, -0.1) is 0 Å². The number of benzene rings is 1. The lowest BCUT2D eigenvalue weighted by Gasteiger charge is -2.17. The summed E-state index contributed by atoms with van der Waals surface area (Å²) in [5, 5.41) is 0. The highest BCUT2D eigenvalue weighted by atomic mass is 28.3. The van der Waals surface area contributed by atoms with E-state index in [1.807, 2.05) is 12.1 Å². The number of unbranched alkanes of at least 4 members (excludes halogenated alkanes) is 6. The summed E-state index contributed by atoms with van der Waals surface area (Å²) in [4.78, 5) is 20.9. The van der Waals surface area contributed by atoms with Crippen LogP contribution >= 0.6 is 0 Å². The minimum Gasteiger partial charge on any atom is -0.490 e. The predicted molar refractivity (Wildman–Crippen MR) is 143 cm³/mol. The summed E-state index contributed by atoms with van der Waals surface area (Å²) in [5.41, 5.74) is 1.82. The van der Waals surface area contributed by atoms with Crippen molar-refractivity contribution in [1.82, 2.24) is 9.97 Å². The smallest absolute Gasteiger partial charge is 0.311 e. The number of aromatic nitrogens is 2. The fraction of sp³-hybridized carbons (Fsp3) is 0.607. The molecule has 0 aliphatic heterocycles. The highest BCUT2D eigenvalue weighted by molar-refractivity contribution is 6.57. The fourth-order valence-corrected chi connectivity index (χ4v) is 6.00. The van der Waals surface area contributed by atoms with Gasteiger partial charge in [0.05, 0.1) is 19.0 Å². The first-order chi connectivity index (χ1) is 16.5. The molecule has 5 nitrogen and oxygen atoms in total. The van der Waals surface area contributed by atoms with Crippen molar-refractivity contribution in [2.75, 3.05) is 6.61 Å². The van der Waals surface area contributed by atoms with E-state index in [0.717, 1.165) is 30.4 Å². The van der Waals surface area contributed by atoms with Crippen LogP contribution in [0.2, 0.25) is 18.6 Å². The van der Waals surface area contributed by atoms with Crippen molar-refractivity contribution >= 4 is 14.8 Å². The summed E-state index contributed by atoms with van der Waals surface area (Å²) in [6.45, 7) is 10.1. The van der Waals surface area contributed by atoms with E-state index >= 15 is 0 Å². The van der Waals surface area contributed by atoms with Gasteiger partial charge in [0.2, 0.25) is 0 Å². The van der Waals surface area contributed by atoms with Gasteiger partial charge in [0.15, 0.2) is 11.6 Å². The topological polar surface area (TPSA) is 61.3 Å². The SMILES string of the molecule is CCCCCCCCC(=O)Oc1ccc(-c2ncc(OCCCCC(CC)[SiH](C)C)cn2)cc1. The molecule has 1 aromatic carbocycles. The maximum Gasteiger partial charge on any atom is 0.311 e. The van der Waals surface area contributed by atoms with Gasteiger partial charge in [-0.25, -0.2) is 9.97 Å². The molecule has 34 heavy (non-hydrogen) atoms. The first-order valence-corrected chi connectivity index (χ1v) is 16.3. The Morgan fingerprint density at radius 3 is 2.21 bits per heavy atom. The number of nitrogens with zero attached hydrogens (tertiary/aromatic N) is 2. The molecule has 6 heteroatoms. The molecule has 0 spiro atoms. The standard InChI is InChI=1S/C28H44N2O3Si/c1-5-7-8-9-10-11-15-27(31)33-24-18-16-23(17-19-24)28-29-21-25(22-30-28)32-20-13-12-14-26(6-2)34(3)4/h16-19,21-22,26,34H,5-15,20H2,1-4H3. The third kappa shape index (κ3) is 10.8. The maximum atomic E-state index is 12.0. The second kappa shape index (κ2) is 16.4. The molecule has 1 heterocycles. The van der Waals surface area contributed by atoms with E-state index in [4.69, 9.17) is 9.47 Å². The quantitative estimate of drug-likeness (QED) is 0.1000. The molecule has 0 fully saturated rings. The van der Waals surface area contributed by atoms with E-state index in [1.54, 1.807) is 24.5 Å². The molecule has 0 bridgehead atoms. The van der Waals surface area contributed by atoms with Crippen molar-refractivity contribution in [1.29, 1.82) is 0 Å². The van der Waals surface area contributed by atoms with Crippen LogP contribution in [0, 0.1) is 0 Å². The van der Waals surface area contributed by atoms with Crippen LogP contribution in [0.4, 0.5) is 0 Å². The van der Waals surface area contributed by atoms with Gasteiger partial charge in [-0.3, -0.25) is 4.79 Å². The Kier molecular flexibility index (Phi) is 13.5. The highest BCUT2D eigenvalue weighted by Gasteiger charge is 2.11. The molecule has 1 atom stereocenters. The molecule has 1 unspecified atom stereocenters. The van der Waals surface area contributed by atoms with E-state index in [-0.39, 0.29) is 5.97 Å². The Balaban J connectivity index is 1.70. The van der Waals surface area contributed by atoms with Crippen LogP contribution < -0.4 is 9.47 Å². The Labute approximate surface area is 208 Å². The number of esters is 1. The summed E-state index contributed by atoms with van der Waals surface area (Å²) in [6.07, 6.45) is 15.8. The van der Waals surface area contributed by atoms with Crippen LogP contribution in [0.15, 0.2) is 36.7 Å². The summed E-state index contributed by atoms with van der Waals surface area (Å²) in [6, 6.07) is 7.36. The molecule has 0 saturated heterocycles. The van der Waals surface area contributed by atoms with Gasteiger partial charge < -0.3 is 9.47 Å². The lowest BCUT2D eigenvalue weighted by atomic mass is 10.1. The van der Waals surface area contributed by atoms with Crippen molar-refractivity contribution in [2.24, 2.45) is 0 Å². The zero-order chi connectivity index (χ0) is 24.6. The first kappa shape index (κ1) is 28.0. The number of ether oxygens (including phenoxy) is 2. The van der Waals surface area contributed by atoms with E-state index < -0.39 is 8.80 Å². The van der Waals surface area contributed by atoms with Crippen LogP contribution in [-0.2, 0) is 4.79 Å². The van der Waals surface area contributed by atoms with Gasteiger partial charge in [0, 0.05) is 20.8 Å². The average molecular weight is 485 g/mol. The van der Waals surface area contributed by atoms with Gasteiger partial charge in [0.25, 0.3) is 0 Å². The molecule has 188 valence electrons. The number of hydrogen-bond acceptors (Lipinski definition) is 5. The maximum absolute atomic E-state index is 12.0. The third-order valence-corrected chi connectivity index (χ3v) is 9.10. The molecular formula is C28H44N2O3Si. The second-order valence-electron chi connectivity index (χ2n) is 9.52. The lowest BCUT2D eigenvalue weighted by molar-refractivity contribution is -0.134. The Hall–Kier alpha value is -2.21. The van der Waals surface area contributed by atoms with Crippen LogP contribution in [0.1, 0.15) is 84.5 Å². The number of rotatable bonds is 17. The first-order valence-electron chi connectivity index (χ1n) is 13.3. The zero-order valence-electron chi connectivity index (χ0n) is 21.7. The Bertz CT molecular complexity index is 809. The summed E-state index contributed by atoms with van der Waals surface area (Å²) >= 11 is 0. The highest BCUT2D eigenvalue weighted by Crippen LogP contribution is 2.23. The minimum absolute atomic E-state index is 0.169. The largest absolute Gasteiger partial charge is 0.490 e. The number of hydrogen-bond donors (Lipinski definition) is 0. The van der Waals surface area contributed by atoms with Gasteiger partial charge in [-0.05, 0) is 42.6 Å². The van der Waals surface area contributed by atoms with Gasteiger partial charge in [-0.1, -0.05) is 78.3 Å². The van der Waals surface area contributed by atoms with Gasteiger partial charge in [-0.2, -0.15) is 0 Å². The molecule has 2 rings (SSSR count). The minimum atomic E-state index is -0.538. The fourth-order valence-electron chi connectivity index (χ4n) is 4.15. The van der Waals surface area contributed by atoms with Gasteiger partial charge in [0.1, 0.15) is 5.75 Å². The van der Waals surface area contributed by atoms with E-state index in [0.29, 0.717) is 30.4 Å². The molecular weight excluding hydrogens is 440 g/mol. The number of carbonyl (C=O) groups is 1. The van der Waals surface area contributed by atoms with Crippen molar-refractivity contribution in [3.8, 4) is 22.9 Å². The summed E-state index contributed by atoms with van der Waals surface area (Å²) in [5.74, 6) is 1.72. The van der Waals surface area contributed by atoms with Crippen LogP contribution in [0.3, 0.4) is 0 Å². The van der Waals surface area contributed by atoms with E-state index in [1.165, 1.54) is 44.9 Å². The monoisotopic (exact) mass is 484 g/mol. The van der Waals surface area contributed by atoms with Crippen LogP contribution in [0.25, 0.3) is 11.4 Å². The molecule has 0 aliphatic rings. The van der Waals surface area contributed by atoms with Crippen molar-refractivity contribution in [2.45, 2.75) is 103 Å². The molecule has 0 radical (unpaired) electrons. The summed E-state index contributed by atoms with van der Waals surface area (Å²) < 4.78 is 11.3. The van der Waals surface area contributed by atoms with Crippen LogP contribution in [0.5, 0.6) is 11.5 Å².